The predicted molar refractivity (Wildman–Crippen MR) is 140 cm³/mol. The molecule has 2 amide bonds. The number of para-hydroxylation sites is 1. The van der Waals surface area contributed by atoms with E-state index in [9.17, 15) is 9.59 Å². The minimum Gasteiger partial charge on any atom is -0.349 e. The fourth-order valence-corrected chi connectivity index (χ4v) is 4.55. The van der Waals surface area contributed by atoms with Crippen molar-refractivity contribution in [3.63, 3.8) is 0 Å². The van der Waals surface area contributed by atoms with Crippen LogP contribution in [0.25, 0.3) is 11.0 Å². The predicted octanol–water partition coefficient (Wildman–Crippen LogP) is 4.59. The van der Waals surface area contributed by atoms with Crippen molar-refractivity contribution in [2.24, 2.45) is 0 Å². The van der Waals surface area contributed by atoms with Crippen LogP contribution in [0.5, 0.6) is 0 Å². The highest BCUT2D eigenvalue weighted by Crippen LogP contribution is 2.26. The molecule has 190 valence electrons. The zero-order chi connectivity index (χ0) is 25.5. The van der Waals surface area contributed by atoms with Gasteiger partial charge in [0.1, 0.15) is 18.1 Å². The zero-order valence-electron chi connectivity index (χ0n) is 21.5. The number of nitrogens with one attached hydrogen (secondary N) is 1. The summed E-state index contributed by atoms with van der Waals surface area (Å²) in [5.74, 6) is -0.385. The van der Waals surface area contributed by atoms with Crippen LogP contribution in [0.2, 0.25) is 0 Å². The zero-order valence-corrected chi connectivity index (χ0v) is 21.5. The Labute approximate surface area is 212 Å². The second kappa shape index (κ2) is 11.5. The molecule has 1 aromatic carbocycles. The molecule has 1 aliphatic rings. The molecule has 0 saturated carbocycles. The molecular formula is C28H36N6O2. The van der Waals surface area contributed by atoms with Gasteiger partial charge in [-0.05, 0) is 70.6 Å². The van der Waals surface area contributed by atoms with Gasteiger partial charge in [-0.15, -0.1) is 5.10 Å². The molecule has 0 fully saturated rings. The number of amides is 2. The topological polar surface area (TPSA) is 93.0 Å². The van der Waals surface area contributed by atoms with Gasteiger partial charge < -0.3 is 10.2 Å². The second-order valence-electron chi connectivity index (χ2n) is 10.1. The Balaban J connectivity index is 1.68. The molecule has 8 nitrogen and oxygen atoms in total. The first kappa shape index (κ1) is 25.5. The third-order valence-electron chi connectivity index (χ3n) is 6.99. The molecule has 1 atom stereocenters. The lowest BCUT2D eigenvalue weighted by molar-refractivity contribution is -0.142. The van der Waals surface area contributed by atoms with Gasteiger partial charge in [-0.2, -0.15) is 0 Å². The van der Waals surface area contributed by atoms with Crippen LogP contribution in [-0.2, 0) is 16.1 Å². The number of rotatable bonds is 10. The molecule has 0 saturated heterocycles. The summed E-state index contributed by atoms with van der Waals surface area (Å²) in [6.45, 7) is 6.46. The molecule has 1 unspecified atom stereocenters. The van der Waals surface area contributed by atoms with Crippen molar-refractivity contribution >= 4 is 22.8 Å². The maximum Gasteiger partial charge on any atom is 0.247 e. The van der Waals surface area contributed by atoms with Crippen molar-refractivity contribution in [2.75, 3.05) is 6.54 Å². The van der Waals surface area contributed by atoms with E-state index in [1.165, 1.54) is 18.4 Å². The Bertz CT molecular complexity index is 1220. The van der Waals surface area contributed by atoms with Gasteiger partial charge in [-0.3, -0.25) is 14.6 Å². The van der Waals surface area contributed by atoms with Gasteiger partial charge in [-0.1, -0.05) is 42.0 Å². The van der Waals surface area contributed by atoms with E-state index in [2.05, 4.69) is 26.7 Å². The molecule has 8 heteroatoms. The summed E-state index contributed by atoms with van der Waals surface area (Å²) in [5.41, 5.74) is 3.16. The van der Waals surface area contributed by atoms with Gasteiger partial charge in [0.25, 0.3) is 0 Å². The van der Waals surface area contributed by atoms with Crippen LogP contribution in [0.4, 0.5) is 0 Å². The summed E-state index contributed by atoms with van der Waals surface area (Å²) in [6.07, 6.45) is 11.6. The van der Waals surface area contributed by atoms with Gasteiger partial charge in [-0.25, -0.2) is 4.68 Å². The molecule has 0 spiro atoms. The fraction of sp³-hybridized carbons (Fsp3) is 0.464. The molecular weight excluding hydrogens is 452 g/mol. The quantitative estimate of drug-likeness (QED) is 0.421. The molecule has 2 heterocycles. The number of hydrogen-bond donors (Lipinski definition) is 1. The maximum atomic E-state index is 13.9. The van der Waals surface area contributed by atoms with Crippen LogP contribution in [0.3, 0.4) is 0 Å². The van der Waals surface area contributed by atoms with Gasteiger partial charge in [0.15, 0.2) is 0 Å². The van der Waals surface area contributed by atoms with Crippen LogP contribution >= 0.6 is 0 Å². The SMILES string of the molecule is CCC(C)(C)NC(=O)C(c1cccnc1)N(CCC1=CCCCC1)C(=O)Cn1nnc2ccccc21. The molecule has 0 bridgehead atoms. The lowest BCUT2D eigenvalue weighted by Gasteiger charge is -2.34. The Morgan fingerprint density at radius 2 is 2.00 bits per heavy atom. The van der Waals surface area contributed by atoms with Crippen LogP contribution < -0.4 is 5.32 Å². The Kier molecular flexibility index (Phi) is 8.13. The van der Waals surface area contributed by atoms with E-state index in [0.29, 0.717) is 12.1 Å². The van der Waals surface area contributed by atoms with E-state index in [1.54, 1.807) is 28.0 Å². The number of allylic oxidation sites excluding steroid dienone is 1. The molecule has 1 N–H and O–H groups in total. The summed E-state index contributed by atoms with van der Waals surface area (Å²) in [5, 5.41) is 11.6. The Hall–Kier alpha value is -3.55. The average molecular weight is 489 g/mol. The van der Waals surface area contributed by atoms with Gasteiger partial charge in [0.05, 0.1) is 5.52 Å². The molecule has 2 aromatic heterocycles. The number of carbonyl (C=O) groups excluding carboxylic acids is 2. The number of nitrogens with zero attached hydrogens (tertiary/aromatic N) is 5. The van der Waals surface area contributed by atoms with Crippen molar-refractivity contribution in [1.29, 1.82) is 0 Å². The average Bonchev–Trinajstić information content (AvgIpc) is 3.30. The monoisotopic (exact) mass is 488 g/mol. The first-order chi connectivity index (χ1) is 17.4. The second-order valence-corrected chi connectivity index (χ2v) is 10.1. The number of benzene rings is 1. The van der Waals surface area contributed by atoms with Gasteiger partial charge >= 0.3 is 0 Å². The summed E-state index contributed by atoms with van der Waals surface area (Å²) >= 11 is 0. The molecule has 36 heavy (non-hydrogen) atoms. The highest BCUT2D eigenvalue weighted by Gasteiger charge is 2.34. The lowest BCUT2D eigenvalue weighted by atomic mass is 9.96. The summed E-state index contributed by atoms with van der Waals surface area (Å²) < 4.78 is 1.61. The number of carbonyl (C=O) groups is 2. The van der Waals surface area contributed by atoms with E-state index in [4.69, 9.17) is 0 Å². The molecule has 4 rings (SSSR count). The van der Waals surface area contributed by atoms with Gasteiger partial charge in [0, 0.05) is 30.0 Å². The van der Waals surface area contributed by atoms with Crippen LogP contribution in [-0.4, -0.2) is 48.8 Å². The largest absolute Gasteiger partial charge is 0.349 e. The van der Waals surface area contributed by atoms with E-state index >= 15 is 0 Å². The van der Waals surface area contributed by atoms with Crippen molar-refractivity contribution < 1.29 is 9.59 Å². The number of aromatic nitrogens is 4. The molecule has 1 aliphatic carbocycles. The van der Waals surface area contributed by atoms with Crippen LogP contribution in [0.1, 0.15) is 70.9 Å². The summed E-state index contributed by atoms with van der Waals surface area (Å²) in [7, 11) is 0. The third-order valence-corrected chi connectivity index (χ3v) is 6.99. The highest BCUT2D eigenvalue weighted by atomic mass is 16.2. The van der Waals surface area contributed by atoms with Crippen molar-refractivity contribution in [3.8, 4) is 0 Å². The first-order valence-corrected chi connectivity index (χ1v) is 12.9. The van der Waals surface area contributed by atoms with E-state index < -0.39 is 11.6 Å². The van der Waals surface area contributed by atoms with E-state index in [0.717, 1.165) is 36.7 Å². The number of pyridine rings is 1. The van der Waals surface area contributed by atoms with E-state index in [1.807, 2.05) is 51.1 Å². The minimum absolute atomic E-state index is 0.000768. The van der Waals surface area contributed by atoms with Crippen molar-refractivity contribution in [3.05, 3.63) is 66.0 Å². The van der Waals surface area contributed by atoms with Crippen LogP contribution in [0.15, 0.2) is 60.4 Å². The third kappa shape index (κ3) is 6.17. The van der Waals surface area contributed by atoms with Crippen LogP contribution in [0, 0.1) is 0 Å². The summed E-state index contributed by atoms with van der Waals surface area (Å²) in [4.78, 5) is 33.6. The van der Waals surface area contributed by atoms with Crippen molar-refractivity contribution in [2.45, 2.75) is 77.4 Å². The summed E-state index contributed by atoms with van der Waals surface area (Å²) in [6, 6.07) is 10.4. The number of fused-ring (bicyclic) bond motifs is 1. The maximum absolute atomic E-state index is 13.9. The normalized spacial score (nSPS) is 14.8. The smallest absolute Gasteiger partial charge is 0.247 e. The molecule has 0 aliphatic heterocycles. The fourth-order valence-electron chi connectivity index (χ4n) is 4.55. The molecule has 3 aromatic rings. The van der Waals surface area contributed by atoms with Crippen molar-refractivity contribution in [1.82, 2.24) is 30.2 Å². The minimum atomic E-state index is -0.795. The Morgan fingerprint density at radius 1 is 1.17 bits per heavy atom. The lowest BCUT2D eigenvalue weighted by Crippen LogP contribution is -2.51. The standard InChI is InChI=1S/C28H36N6O2/c1-4-28(2,3)30-27(36)26(22-13-10-17-29-19-22)33(18-16-21-11-6-5-7-12-21)25(35)20-34-24-15-9-8-14-23(24)31-32-34/h8-11,13-15,17,19,26H,4-7,12,16,18,20H2,1-3H3,(H,30,36). The van der Waals surface area contributed by atoms with Gasteiger partial charge in [0.2, 0.25) is 11.8 Å². The highest BCUT2D eigenvalue weighted by molar-refractivity contribution is 5.89. The van der Waals surface area contributed by atoms with E-state index in [-0.39, 0.29) is 18.4 Å². The Morgan fingerprint density at radius 3 is 2.72 bits per heavy atom. The first-order valence-electron chi connectivity index (χ1n) is 12.9. The molecule has 0 radical (unpaired) electrons. The number of hydrogen-bond acceptors (Lipinski definition) is 5.